The lowest BCUT2D eigenvalue weighted by Crippen LogP contribution is -2.55. The number of likely N-dealkylation sites (tertiary alicyclic amines) is 1. The summed E-state index contributed by atoms with van der Waals surface area (Å²) in [7, 11) is 0. The van der Waals surface area contributed by atoms with Gasteiger partial charge in [0.05, 0.1) is 12.6 Å². The number of rotatable bonds is 4. The number of hydrogen-bond acceptors (Lipinski definition) is 4. The highest BCUT2D eigenvalue weighted by Gasteiger charge is 2.28. The van der Waals surface area contributed by atoms with Crippen LogP contribution in [0.25, 0.3) is 0 Å². The van der Waals surface area contributed by atoms with Crippen LogP contribution in [0.3, 0.4) is 0 Å². The molecule has 19 heavy (non-hydrogen) atoms. The zero-order valence-corrected chi connectivity index (χ0v) is 12.1. The van der Waals surface area contributed by atoms with Crippen LogP contribution in [0.1, 0.15) is 26.2 Å². The Morgan fingerprint density at radius 3 is 2.26 bits per heavy atom. The van der Waals surface area contributed by atoms with Gasteiger partial charge in [-0.3, -0.25) is 14.6 Å². The van der Waals surface area contributed by atoms with E-state index < -0.39 is 0 Å². The highest BCUT2D eigenvalue weighted by Crippen LogP contribution is 2.13. The van der Waals surface area contributed by atoms with E-state index in [4.69, 9.17) is 5.11 Å². The molecule has 0 aromatic carbocycles. The number of piperazine rings is 1. The molecule has 0 aromatic heterocycles. The van der Waals surface area contributed by atoms with Crippen molar-refractivity contribution in [2.75, 3.05) is 52.4 Å². The van der Waals surface area contributed by atoms with Crippen molar-refractivity contribution in [2.24, 2.45) is 0 Å². The molecule has 2 saturated heterocycles. The number of carbonyl (C=O) groups excluding carboxylic acids is 1. The van der Waals surface area contributed by atoms with Crippen LogP contribution in [-0.4, -0.2) is 84.2 Å². The number of hydrogen-bond donors (Lipinski definition) is 1. The molecule has 1 amide bonds. The molecule has 2 rings (SSSR count). The molecule has 2 heterocycles. The Hall–Kier alpha value is -0.650. The summed E-state index contributed by atoms with van der Waals surface area (Å²) >= 11 is 0. The minimum absolute atomic E-state index is 0.00868. The molecule has 0 aliphatic carbocycles. The molecule has 2 aliphatic rings. The first-order chi connectivity index (χ1) is 9.22. The van der Waals surface area contributed by atoms with Crippen molar-refractivity contribution in [1.82, 2.24) is 14.7 Å². The molecule has 5 nitrogen and oxygen atoms in total. The summed E-state index contributed by atoms with van der Waals surface area (Å²) in [6, 6.07) is 0.00868. The summed E-state index contributed by atoms with van der Waals surface area (Å²) in [6.07, 6.45) is 3.57. The predicted molar refractivity (Wildman–Crippen MR) is 75.0 cm³/mol. The topological polar surface area (TPSA) is 47.0 Å². The van der Waals surface area contributed by atoms with Crippen LogP contribution in [0.2, 0.25) is 0 Å². The van der Waals surface area contributed by atoms with Gasteiger partial charge in [0.25, 0.3) is 0 Å². The van der Waals surface area contributed by atoms with E-state index in [1.165, 1.54) is 6.42 Å². The third-order valence-electron chi connectivity index (χ3n) is 4.40. The van der Waals surface area contributed by atoms with E-state index in [0.29, 0.717) is 5.91 Å². The van der Waals surface area contributed by atoms with Crippen molar-refractivity contribution in [2.45, 2.75) is 32.2 Å². The second-order valence-electron chi connectivity index (χ2n) is 5.66. The average Bonchev–Trinajstić information content (AvgIpc) is 2.48. The summed E-state index contributed by atoms with van der Waals surface area (Å²) < 4.78 is 0. The number of β-amino-alcohol motifs (C(OH)–C–C–N with tert-alkyl or cyclic N) is 1. The van der Waals surface area contributed by atoms with E-state index in [1.807, 2.05) is 11.8 Å². The maximum atomic E-state index is 12.4. The van der Waals surface area contributed by atoms with Gasteiger partial charge in [-0.1, -0.05) is 0 Å². The molecular formula is C14H27N3O2. The fourth-order valence-corrected chi connectivity index (χ4v) is 3.05. The SMILES string of the molecule is CC(C(=O)N1CCCCC1)N1CCN(CCO)CC1. The lowest BCUT2D eigenvalue weighted by Gasteiger charge is -2.39. The van der Waals surface area contributed by atoms with Crippen LogP contribution in [-0.2, 0) is 4.79 Å². The minimum atomic E-state index is 0.00868. The third-order valence-corrected chi connectivity index (χ3v) is 4.40. The number of aliphatic hydroxyl groups excluding tert-OH is 1. The first-order valence-corrected chi connectivity index (χ1v) is 7.58. The lowest BCUT2D eigenvalue weighted by atomic mass is 10.1. The third kappa shape index (κ3) is 3.91. The summed E-state index contributed by atoms with van der Waals surface area (Å²) in [5.41, 5.74) is 0. The molecule has 0 bridgehead atoms. The fraction of sp³-hybridized carbons (Fsp3) is 0.929. The maximum Gasteiger partial charge on any atom is 0.239 e. The molecule has 0 radical (unpaired) electrons. The van der Waals surface area contributed by atoms with Crippen molar-refractivity contribution in [3.05, 3.63) is 0 Å². The van der Waals surface area contributed by atoms with Gasteiger partial charge in [0.1, 0.15) is 0 Å². The smallest absolute Gasteiger partial charge is 0.239 e. The van der Waals surface area contributed by atoms with Gasteiger partial charge in [0.15, 0.2) is 0 Å². The number of carbonyl (C=O) groups is 1. The Balaban J connectivity index is 1.79. The number of aliphatic hydroxyl groups is 1. The molecule has 0 aromatic rings. The summed E-state index contributed by atoms with van der Waals surface area (Å²) in [4.78, 5) is 19.0. The van der Waals surface area contributed by atoms with Crippen LogP contribution >= 0.6 is 0 Å². The van der Waals surface area contributed by atoms with Crippen LogP contribution in [0, 0.1) is 0 Å². The highest BCUT2D eigenvalue weighted by molar-refractivity contribution is 5.81. The largest absolute Gasteiger partial charge is 0.395 e. The molecule has 1 atom stereocenters. The van der Waals surface area contributed by atoms with Gasteiger partial charge in [-0.2, -0.15) is 0 Å². The van der Waals surface area contributed by atoms with Gasteiger partial charge in [0.2, 0.25) is 5.91 Å². The van der Waals surface area contributed by atoms with E-state index in [2.05, 4.69) is 9.80 Å². The second-order valence-corrected chi connectivity index (χ2v) is 5.66. The lowest BCUT2D eigenvalue weighted by molar-refractivity contribution is -0.138. The Bertz CT molecular complexity index is 284. The summed E-state index contributed by atoms with van der Waals surface area (Å²) in [5, 5.41) is 8.94. The molecular weight excluding hydrogens is 242 g/mol. The van der Waals surface area contributed by atoms with E-state index in [9.17, 15) is 4.79 Å². The van der Waals surface area contributed by atoms with Crippen LogP contribution in [0.4, 0.5) is 0 Å². The summed E-state index contributed by atoms with van der Waals surface area (Å²) in [5.74, 6) is 0.301. The van der Waals surface area contributed by atoms with Gasteiger partial charge < -0.3 is 10.0 Å². The van der Waals surface area contributed by atoms with Crippen LogP contribution in [0.15, 0.2) is 0 Å². The van der Waals surface area contributed by atoms with Gasteiger partial charge >= 0.3 is 0 Å². The number of amides is 1. The van der Waals surface area contributed by atoms with E-state index in [-0.39, 0.29) is 12.6 Å². The quantitative estimate of drug-likeness (QED) is 0.780. The van der Waals surface area contributed by atoms with Crippen molar-refractivity contribution < 1.29 is 9.90 Å². The number of nitrogens with zero attached hydrogens (tertiary/aromatic N) is 3. The van der Waals surface area contributed by atoms with Gasteiger partial charge in [0, 0.05) is 45.8 Å². The van der Waals surface area contributed by atoms with Crippen molar-refractivity contribution in [3.8, 4) is 0 Å². The normalized spacial score (nSPS) is 24.4. The molecule has 0 saturated carbocycles. The van der Waals surface area contributed by atoms with E-state index in [0.717, 1.165) is 58.7 Å². The Morgan fingerprint density at radius 2 is 1.68 bits per heavy atom. The average molecular weight is 269 g/mol. The maximum absolute atomic E-state index is 12.4. The molecule has 2 fully saturated rings. The second kappa shape index (κ2) is 7.22. The van der Waals surface area contributed by atoms with Gasteiger partial charge in [-0.15, -0.1) is 0 Å². The van der Waals surface area contributed by atoms with E-state index in [1.54, 1.807) is 0 Å². The first kappa shape index (κ1) is 14.8. The first-order valence-electron chi connectivity index (χ1n) is 7.58. The standard InChI is InChI=1S/C14H27N3O2/c1-13(14(19)17-5-3-2-4-6-17)16-9-7-15(8-10-16)11-12-18/h13,18H,2-12H2,1H3. The molecule has 0 spiro atoms. The summed E-state index contributed by atoms with van der Waals surface area (Å²) in [6.45, 7) is 8.67. The highest BCUT2D eigenvalue weighted by atomic mass is 16.3. The van der Waals surface area contributed by atoms with Crippen LogP contribution < -0.4 is 0 Å². The minimum Gasteiger partial charge on any atom is -0.395 e. The van der Waals surface area contributed by atoms with Gasteiger partial charge in [-0.25, -0.2) is 0 Å². The molecule has 5 heteroatoms. The van der Waals surface area contributed by atoms with Gasteiger partial charge in [-0.05, 0) is 26.2 Å². The number of piperidine rings is 1. The zero-order valence-electron chi connectivity index (χ0n) is 12.1. The molecule has 1 unspecified atom stereocenters. The molecule has 1 N–H and O–H groups in total. The Kier molecular flexibility index (Phi) is 5.60. The van der Waals surface area contributed by atoms with Crippen molar-refractivity contribution >= 4 is 5.91 Å². The zero-order chi connectivity index (χ0) is 13.7. The monoisotopic (exact) mass is 269 g/mol. The predicted octanol–water partition coefficient (Wildman–Crippen LogP) is -0.00270. The Morgan fingerprint density at radius 1 is 1.05 bits per heavy atom. The molecule has 2 aliphatic heterocycles. The van der Waals surface area contributed by atoms with Crippen LogP contribution in [0.5, 0.6) is 0 Å². The fourth-order valence-electron chi connectivity index (χ4n) is 3.05. The van der Waals surface area contributed by atoms with E-state index >= 15 is 0 Å². The Labute approximate surface area is 116 Å². The van der Waals surface area contributed by atoms with Crippen molar-refractivity contribution in [1.29, 1.82) is 0 Å². The van der Waals surface area contributed by atoms with Crippen molar-refractivity contribution in [3.63, 3.8) is 0 Å². The molecule has 110 valence electrons.